The zero-order valence-electron chi connectivity index (χ0n) is 11.3. The van der Waals surface area contributed by atoms with Gasteiger partial charge in [0.1, 0.15) is 0 Å². The third-order valence-corrected chi connectivity index (χ3v) is 2.30. The Morgan fingerprint density at radius 2 is 1.67 bits per heavy atom. The predicted molar refractivity (Wildman–Crippen MR) is 50.6 cm³/mol. The van der Waals surface area contributed by atoms with E-state index in [1.807, 2.05) is 0 Å². The molecule has 0 heterocycles. The Kier molecular flexibility index (Phi) is 16.2. The molecule has 0 radical (unpaired) electrons. The number of rotatable bonds is 7. The van der Waals surface area contributed by atoms with Crippen LogP contribution in [0.1, 0.15) is 33.1 Å². The SMILES string of the molecule is CCC(C)C(=O)N[C@H](CCC(=O)[O-])C(=O)[O-].[Na+].[Na+]. The monoisotopic (exact) mass is 275 g/mol. The summed E-state index contributed by atoms with van der Waals surface area (Å²) in [6, 6.07) is -1.28. The Bertz CT molecular complexity index is 285. The van der Waals surface area contributed by atoms with Gasteiger partial charge in [-0.3, -0.25) is 4.79 Å². The van der Waals surface area contributed by atoms with Gasteiger partial charge < -0.3 is 25.1 Å². The van der Waals surface area contributed by atoms with Gasteiger partial charge in [-0.05, 0) is 19.3 Å². The Hall–Kier alpha value is 0.410. The summed E-state index contributed by atoms with van der Waals surface area (Å²) < 4.78 is 0. The minimum atomic E-state index is -1.49. The number of carbonyl (C=O) groups excluding carboxylic acids is 3. The van der Waals surface area contributed by atoms with Gasteiger partial charge in [0.25, 0.3) is 0 Å². The van der Waals surface area contributed by atoms with Crippen molar-refractivity contribution >= 4 is 17.8 Å². The van der Waals surface area contributed by atoms with Crippen LogP contribution in [0.25, 0.3) is 0 Å². The molecule has 1 unspecified atom stereocenters. The normalized spacial score (nSPS) is 12.3. The summed E-state index contributed by atoms with van der Waals surface area (Å²) >= 11 is 0. The molecule has 18 heavy (non-hydrogen) atoms. The first-order valence-corrected chi connectivity index (χ1v) is 5.09. The summed E-state index contributed by atoms with van der Waals surface area (Å²) in [6.45, 7) is 3.44. The van der Waals surface area contributed by atoms with Gasteiger partial charge in [0.05, 0.1) is 12.0 Å². The first-order chi connectivity index (χ1) is 7.38. The van der Waals surface area contributed by atoms with Crippen LogP contribution in [0.5, 0.6) is 0 Å². The fraction of sp³-hybridized carbons (Fsp3) is 0.700. The van der Waals surface area contributed by atoms with Crippen LogP contribution in [-0.4, -0.2) is 23.9 Å². The minimum Gasteiger partial charge on any atom is -0.550 e. The summed E-state index contributed by atoms with van der Waals surface area (Å²) in [5, 5.41) is 23.0. The number of carbonyl (C=O) groups is 3. The molecule has 6 nitrogen and oxygen atoms in total. The molecule has 0 bridgehead atoms. The standard InChI is InChI=1S/C10H17NO5.2Na/c1-3-6(2)9(14)11-7(10(15)16)4-5-8(12)13;;/h6-7H,3-5H2,1-2H3,(H,11,14)(H,12,13)(H,15,16);;/q;2*+1/p-2/t6?,7-;;/m1../s1. The average molecular weight is 275 g/mol. The van der Waals surface area contributed by atoms with Crippen LogP contribution in [0.15, 0.2) is 0 Å². The maximum atomic E-state index is 11.4. The first kappa shape index (κ1) is 23.5. The molecule has 0 aliphatic carbocycles. The molecule has 0 aliphatic heterocycles. The van der Waals surface area contributed by atoms with Crippen LogP contribution in [-0.2, 0) is 14.4 Å². The maximum Gasteiger partial charge on any atom is 1.00 e. The molecule has 0 spiro atoms. The maximum absolute atomic E-state index is 11.4. The van der Waals surface area contributed by atoms with Gasteiger partial charge in [-0.15, -0.1) is 0 Å². The number of nitrogens with one attached hydrogen (secondary N) is 1. The second-order valence-corrected chi connectivity index (χ2v) is 3.60. The third kappa shape index (κ3) is 10.3. The van der Waals surface area contributed by atoms with Crippen LogP contribution >= 0.6 is 0 Å². The van der Waals surface area contributed by atoms with E-state index in [9.17, 15) is 24.6 Å². The quantitative estimate of drug-likeness (QED) is 0.464. The Morgan fingerprint density at radius 1 is 1.17 bits per heavy atom. The molecular weight excluding hydrogens is 260 g/mol. The van der Waals surface area contributed by atoms with Gasteiger partial charge in [-0.25, -0.2) is 0 Å². The molecule has 0 saturated heterocycles. The summed E-state index contributed by atoms with van der Waals surface area (Å²) in [7, 11) is 0. The van der Waals surface area contributed by atoms with Crippen LogP contribution in [0.2, 0.25) is 0 Å². The molecule has 1 N–H and O–H groups in total. The van der Waals surface area contributed by atoms with E-state index in [2.05, 4.69) is 5.32 Å². The van der Waals surface area contributed by atoms with E-state index in [0.717, 1.165) is 0 Å². The predicted octanol–water partition coefficient (Wildman–Crippen LogP) is -8.19. The molecule has 0 fully saturated rings. The first-order valence-electron chi connectivity index (χ1n) is 5.09. The van der Waals surface area contributed by atoms with E-state index >= 15 is 0 Å². The molecule has 0 aromatic heterocycles. The zero-order chi connectivity index (χ0) is 12.7. The van der Waals surface area contributed by atoms with Gasteiger partial charge in [-0.2, -0.15) is 0 Å². The molecule has 1 amide bonds. The van der Waals surface area contributed by atoms with Gasteiger partial charge in [0.15, 0.2) is 0 Å². The second kappa shape index (κ2) is 12.4. The van der Waals surface area contributed by atoms with Crippen molar-refractivity contribution in [2.24, 2.45) is 5.92 Å². The molecular formula is C10H15NNa2O5. The van der Waals surface area contributed by atoms with Crippen molar-refractivity contribution in [3.63, 3.8) is 0 Å². The second-order valence-electron chi connectivity index (χ2n) is 3.60. The van der Waals surface area contributed by atoms with Crippen molar-refractivity contribution in [1.82, 2.24) is 5.32 Å². The molecule has 0 rings (SSSR count). The van der Waals surface area contributed by atoms with Crippen molar-refractivity contribution in [2.45, 2.75) is 39.2 Å². The third-order valence-electron chi connectivity index (χ3n) is 2.30. The molecule has 2 atom stereocenters. The number of carboxylic acid groups (broad SMARTS) is 2. The molecule has 0 saturated carbocycles. The van der Waals surface area contributed by atoms with E-state index in [1.165, 1.54) is 0 Å². The summed E-state index contributed by atoms with van der Waals surface area (Å²) in [5.41, 5.74) is 0. The molecule has 8 heteroatoms. The average Bonchev–Trinajstić information content (AvgIpc) is 2.21. The number of hydrogen-bond acceptors (Lipinski definition) is 5. The van der Waals surface area contributed by atoms with Crippen LogP contribution < -0.4 is 74.6 Å². The van der Waals surface area contributed by atoms with Crippen molar-refractivity contribution in [2.75, 3.05) is 0 Å². The van der Waals surface area contributed by atoms with Crippen LogP contribution in [0.3, 0.4) is 0 Å². The van der Waals surface area contributed by atoms with E-state index in [-0.39, 0.29) is 71.5 Å². The van der Waals surface area contributed by atoms with E-state index in [4.69, 9.17) is 0 Å². The summed E-state index contributed by atoms with van der Waals surface area (Å²) in [6.07, 6.45) is -0.0850. The van der Waals surface area contributed by atoms with Crippen LogP contribution in [0, 0.1) is 5.92 Å². The Morgan fingerprint density at radius 3 is 2.00 bits per heavy atom. The van der Waals surface area contributed by atoms with Crippen molar-refractivity contribution in [1.29, 1.82) is 0 Å². The van der Waals surface area contributed by atoms with Gasteiger partial charge in [0.2, 0.25) is 5.91 Å². The zero-order valence-corrected chi connectivity index (χ0v) is 15.3. The van der Waals surface area contributed by atoms with Crippen molar-refractivity contribution in [3.8, 4) is 0 Å². The van der Waals surface area contributed by atoms with E-state index in [1.54, 1.807) is 13.8 Å². The van der Waals surface area contributed by atoms with Crippen molar-refractivity contribution in [3.05, 3.63) is 0 Å². The molecule has 92 valence electrons. The van der Waals surface area contributed by atoms with E-state index in [0.29, 0.717) is 6.42 Å². The molecule has 0 aromatic carbocycles. The number of amides is 1. The number of hydrogen-bond donors (Lipinski definition) is 1. The largest absolute Gasteiger partial charge is 1.00 e. The summed E-state index contributed by atoms with van der Waals surface area (Å²) in [4.78, 5) is 32.2. The Labute approximate surface area is 150 Å². The topological polar surface area (TPSA) is 109 Å². The smallest absolute Gasteiger partial charge is 0.550 e. The summed E-state index contributed by atoms with van der Waals surface area (Å²) in [5.74, 6) is -3.58. The van der Waals surface area contributed by atoms with E-state index < -0.39 is 30.3 Å². The fourth-order valence-corrected chi connectivity index (χ4v) is 1.01. The molecule has 0 aromatic rings. The fourth-order valence-electron chi connectivity index (χ4n) is 1.01. The van der Waals surface area contributed by atoms with Gasteiger partial charge >= 0.3 is 59.1 Å². The number of carboxylic acids is 2. The van der Waals surface area contributed by atoms with Crippen LogP contribution in [0.4, 0.5) is 0 Å². The number of aliphatic carboxylic acids is 2. The van der Waals surface area contributed by atoms with Gasteiger partial charge in [0, 0.05) is 11.9 Å². The Balaban J connectivity index is -0.00000112. The van der Waals surface area contributed by atoms with Crippen molar-refractivity contribution < 1.29 is 83.7 Å². The van der Waals surface area contributed by atoms with Gasteiger partial charge in [-0.1, -0.05) is 13.8 Å². The molecule has 0 aliphatic rings. The minimum absolute atomic E-state index is 0.